The number of ether oxygens (including phenoxy) is 1. The highest BCUT2D eigenvalue weighted by molar-refractivity contribution is 6.71. The number of carbonyl (C=O) groups is 1. The van der Waals surface area contributed by atoms with Crippen LogP contribution < -0.4 is 10.5 Å². The Hall–Kier alpha value is -4.36. The molecule has 5 aromatic rings. The first-order chi connectivity index (χ1) is 22.0. The van der Waals surface area contributed by atoms with Gasteiger partial charge in [0.1, 0.15) is 0 Å². The predicted molar refractivity (Wildman–Crippen MR) is 176 cm³/mol. The number of benzene rings is 3. The van der Waals surface area contributed by atoms with Gasteiger partial charge in [-0.1, -0.05) is 54.6 Å². The highest BCUT2D eigenvalue weighted by Gasteiger charge is 2.65. The molecule has 3 aromatic carbocycles. The summed E-state index contributed by atoms with van der Waals surface area (Å²) in [4.78, 5) is 40.7. The lowest BCUT2D eigenvalue weighted by Crippen LogP contribution is -2.45. The second-order valence-corrected chi connectivity index (χ2v) is 17.0. The van der Waals surface area contributed by atoms with Crippen molar-refractivity contribution in [3.63, 3.8) is 0 Å². The number of anilines is 1. The van der Waals surface area contributed by atoms with Crippen LogP contribution in [0.25, 0.3) is 16.6 Å². The molecular weight excluding hydrogens is 600 g/mol. The van der Waals surface area contributed by atoms with Gasteiger partial charge in [0.05, 0.1) is 46.6 Å². The summed E-state index contributed by atoms with van der Waals surface area (Å²) in [6, 6.07) is 22.6. The lowest BCUT2D eigenvalue weighted by Gasteiger charge is -2.32. The van der Waals surface area contributed by atoms with Crippen LogP contribution in [0.2, 0.25) is 18.6 Å². The van der Waals surface area contributed by atoms with Crippen LogP contribution in [-0.2, 0) is 21.7 Å². The van der Waals surface area contributed by atoms with Crippen molar-refractivity contribution in [3.05, 3.63) is 106 Å². The molecule has 238 valence electrons. The lowest BCUT2D eigenvalue weighted by molar-refractivity contribution is -0.145. The number of aliphatic hydroxyl groups is 1. The standard InChI is InChI=1S/C34H38N6O5Si/c1-21-31(46(3,4)44)30(16-17-39-19-28(35-37-39)25(20-41)22-10-6-5-7-11-22)45-34(21)26-18-23(14-15-29(26)38(2)33(34)43)40-32(42)24-12-8-9-13-27(24)36-40/h5-15,18-19,21,25,30-31,36,41,44H,16-17,20H2,1-4H3/t21-,25?,30+,31-,34+/m1/s1. The number of amides is 1. The van der Waals surface area contributed by atoms with Gasteiger partial charge in [0.2, 0.25) is 0 Å². The summed E-state index contributed by atoms with van der Waals surface area (Å²) < 4.78 is 10.1. The van der Waals surface area contributed by atoms with Crippen molar-refractivity contribution < 1.29 is 19.4 Å². The Kier molecular flexibility index (Phi) is 7.35. The van der Waals surface area contributed by atoms with Gasteiger partial charge >= 0.3 is 0 Å². The number of aliphatic hydroxyl groups excluding tert-OH is 1. The quantitative estimate of drug-likeness (QED) is 0.219. The SMILES string of the molecule is C[C@@H]1[C@@H]([Si](C)(C)O)[C@H](CCn2cc(C(CO)c3ccccc3)nn2)O[C@@]12C(=O)N(C)c1ccc(-n3[nH]c4ccccc4c3=O)cc12. The molecule has 1 saturated heterocycles. The fourth-order valence-electron chi connectivity index (χ4n) is 7.72. The number of carbonyl (C=O) groups excluding carboxylic acids is 1. The molecule has 1 spiro atoms. The first-order valence-corrected chi connectivity index (χ1v) is 18.7. The molecule has 11 nitrogen and oxygen atoms in total. The van der Waals surface area contributed by atoms with Crippen molar-refractivity contribution in [1.29, 1.82) is 0 Å². The van der Waals surface area contributed by atoms with E-state index in [0.29, 0.717) is 35.3 Å². The van der Waals surface area contributed by atoms with Crippen LogP contribution in [0.1, 0.15) is 36.1 Å². The Morgan fingerprint density at radius 3 is 2.52 bits per heavy atom. The molecule has 2 aromatic heterocycles. The molecule has 2 aliphatic rings. The van der Waals surface area contributed by atoms with Gasteiger partial charge in [-0.3, -0.25) is 19.4 Å². The molecule has 7 rings (SSSR count). The number of nitrogens with zero attached hydrogens (tertiary/aromatic N) is 5. The maximum Gasteiger partial charge on any atom is 0.279 e. The van der Waals surface area contributed by atoms with E-state index in [0.717, 1.165) is 16.8 Å². The minimum absolute atomic E-state index is 0.0947. The third kappa shape index (κ3) is 4.66. The molecular formula is C34H38N6O5Si. The molecule has 3 N–H and O–H groups in total. The second kappa shape index (κ2) is 11.2. The van der Waals surface area contributed by atoms with E-state index in [2.05, 4.69) is 15.4 Å². The van der Waals surface area contributed by atoms with Crippen LogP contribution in [0, 0.1) is 5.92 Å². The molecule has 0 radical (unpaired) electrons. The molecule has 0 saturated carbocycles. The second-order valence-electron chi connectivity index (χ2n) is 13.1. The number of aryl methyl sites for hydroxylation is 1. The number of aromatic nitrogens is 5. The maximum atomic E-state index is 14.2. The number of rotatable bonds is 8. The van der Waals surface area contributed by atoms with Crippen LogP contribution in [0.5, 0.6) is 0 Å². The maximum absolute atomic E-state index is 14.2. The van der Waals surface area contributed by atoms with Gasteiger partial charge in [0.15, 0.2) is 13.9 Å². The minimum atomic E-state index is -2.86. The molecule has 1 unspecified atom stereocenters. The summed E-state index contributed by atoms with van der Waals surface area (Å²) in [6.45, 7) is 6.15. The number of likely N-dealkylation sites (N-methyl/N-ethyl adjacent to an activating group) is 1. The lowest BCUT2D eigenvalue weighted by atomic mass is 9.82. The molecule has 12 heteroatoms. The van der Waals surface area contributed by atoms with Crippen LogP contribution in [0.15, 0.2) is 83.8 Å². The molecule has 5 atom stereocenters. The highest BCUT2D eigenvalue weighted by atomic mass is 28.4. The van der Waals surface area contributed by atoms with E-state index in [4.69, 9.17) is 4.74 Å². The van der Waals surface area contributed by atoms with Crippen molar-refractivity contribution in [1.82, 2.24) is 24.8 Å². The van der Waals surface area contributed by atoms with Crippen LogP contribution in [0.4, 0.5) is 5.69 Å². The fourth-order valence-corrected chi connectivity index (χ4v) is 10.3. The van der Waals surface area contributed by atoms with Crippen molar-refractivity contribution in [2.24, 2.45) is 5.92 Å². The molecule has 2 aliphatic heterocycles. The van der Waals surface area contributed by atoms with Crippen LogP contribution in [0.3, 0.4) is 0 Å². The average Bonchev–Trinajstić information content (AvgIpc) is 3.78. The number of nitrogens with one attached hydrogen (secondary N) is 1. The monoisotopic (exact) mass is 638 g/mol. The first-order valence-electron chi connectivity index (χ1n) is 15.6. The molecule has 0 aliphatic carbocycles. The van der Waals surface area contributed by atoms with Gasteiger partial charge in [0.25, 0.3) is 11.5 Å². The number of H-pyrrole nitrogens is 1. The summed E-state index contributed by atoms with van der Waals surface area (Å²) in [5.74, 6) is -0.809. The van der Waals surface area contributed by atoms with E-state index in [1.807, 2.05) is 92.9 Å². The van der Waals surface area contributed by atoms with Gasteiger partial charge in [0, 0.05) is 36.8 Å². The molecule has 1 fully saturated rings. The predicted octanol–water partition coefficient (Wildman–Crippen LogP) is 3.90. The zero-order valence-electron chi connectivity index (χ0n) is 26.3. The molecule has 4 heterocycles. The Bertz CT molecular complexity index is 1980. The number of para-hydroxylation sites is 1. The molecule has 46 heavy (non-hydrogen) atoms. The fraction of sp³-hybridized carbons (Fsp3) is 0.353. The number of hydrogen-bond acceptors (Lipinski definition) is 7. The van der Waals surface area contributed by atoms with Gasteiger partial charge in [-0.05, 0) is 55.4 Å². The normalized spacial score (nSPS) is 23.5. The third-order valence-corrected chi connectivity index (χ3v) is 12.4. The van der Waals surface area contributed by atoms with Crippen molar-refractivity contribution in [2.75, 3.05) is 18.6 Å². The van der Waals surface area contributed by atoms with Crippen molar-refractivity contribution in [3.8, 4) is 5.69 Å². The molecule has 0 bridgehead atoms. The van der Waals surface area contributed by atoms with Crippen molar-refractivity contribution in [2.45, 2.75) is 56.1 Å². The van der Waals surface area contributed by atoms with E-state index in [9.17, 15) is 19.5 Å². The number of hydrogen-bond donors (Lipinski definition) is 3. The van der Waals surface area contributed by atoms with Crippen LogP contribution >= 0.6 is 0 Å². The zero-order chi connectivity index (χ0) is 32.4. The van der Waals surface area contributed by atoms with Gasteiger partial charge in [-0.2, -0.15) is 0 Å². The Morgan fingerprint density at radius 2 is 1.80 bits per heavy atom. The Balaban J connectivity index is 1.22. The van der Waals surface area contributed by atoms with E-state index in [1.165, 1.54) is 4.68 Å². The Labute approximate surface area is 267 Å². The number of fused-ring (bicyclic) bond motifs is 3. The van der Waals surface area contributed by atoms with Gasteiger partial charge in [-0.15, -0.1) is 5.10 Å². The van der Waals surface area contributed by atoms with E-state index >= 15 is 0 Å². The van der Waals surface area contributed by atoms with Crippen LogP contribution in [-0.4, -0.2) is 68.7 Å². The third-order valence-electron chi connectivity index (χ3n) is 9.89. The summed E-state index contributed by atoms with van der Waals surface area (Å²) in [6.07, 6.45) is 1.91. The summed E-state index contributed by atoms with van der Waals surface area (Å²) in [7, 11) is -1.12. The average molecular weight is 639 g/mol. The van der Waals surface area contributed by atoms with Crippen molar-refractivity contribution >= 4 is 30.8 Å². The minimum Gasteiger partial charge on any atom is -0.432 e. The highest BCUT2D eigenvalue weighted by Crippen LogP contribution is 2.59. The first kappa shape index (κ1) is 30.3. The van der Waals surface area contributed by atoms with E-state index in [-0.39, 0.29) is 35.5 Å². The summed E-state index contributed by atoms with van der Waals surface area (Å²) in [5, 5.41) is 22.6. The van der Waals surface area contributed by atoms with E-state index < -0.39 is 20.0 Å². The van der Waals surface area contributed by atoms with Gasteiger partial charge < -0.3 is 19.5 Å². The number of aromatic amines is 1. The summed E-state index contributed by atoms with van der Waals surface area (Å²) >= 11 is 0. The zero-order valence-corrected chi connectivity index (χ0v) is 27.3. The van der Waals surface area contributed by atoms with Gasteiger partial charge in [-0.25, -0.2) is 4.68 Å². The smallest absolute Gasteiger partial charge is 0.279 e. The molecule has 1 amide bonds. The Morgan fingerprint density at radius 1 is 1.07 bits per heavy atom. The summed E-state index contributed by atoms with van der Waals surface area (Å²) in [5.41, 5.74) is 2.61. The topological polar surface area (TPSA) is 138 Å². The largest absolute Gasteiger partial charge is 0.432 e. The van der Waals surface area contributed by atoms with E-state index in [1.54, 1.807) is 22.7 Å².